The first-order valence-corrected chi connectivity index (χ1v) is 10.4. The molecule has 160 valence electrons. The Hall–Kier alpha value is -3.85. The van der Waals surface area contributed by atoms with E-state index in [0.29, 0.717) is 5.69 Å². The highest BCUT2D eigenvalue weighted by molar-refractivity contribution is 7.17. The number of ether oxygens (including phenoxy) is 1. The number of aryl methyl sites for hydroxylation is 1. The van der Waals surface area contributed by atoms with Crippen LogP contribution in [0.15, 0.2) is 57.7 Å². The SMILES string of the molecule is COC(=O)c1sc(N2C(=O)c3oc4ccccc4c(=O)c3C2c2ccccc2F)nc1C. The van der Waals surface area contributed by atoms with Crippen LogP contribution in [0.2, 0.25) is 0 Å². The average molecular weight is 450 g/mol. The van der Waals surface area contributed by atoms with E-state index in [2.05, 4.69) is 4.98 Å². The molecule has 1 unspecified atom stereocenters. The quantitative estimate of drug-likeness (QED) is 0.434. The molecule has 0 saturated heterocycles. The van der Waals surface area contributed by atoms with Crippen molar-refractivity contribution in [1.82, 2.24) is 4.98 Å². The molecule has 3 heterocycles. The second-order valence-electron chi connectivity index (χ2n) is 7.17. The summed E-state index contributed by atoms with van der Waals surface area (Å²) < 4.78 is 25.5. The van der Waals surface area contributed by atoms with Gasteiger partial charge < -0.3 is 9.15 Å². The number of halogens is 1. The topological polar surface area (TPSA) is 89.7 Å². The number of para-hydroxylation sites is 1. The van der Waals surface area contributed by atoms with Crippen molar-refractivity contribution in [2.45, 2.75) is 13.0 Å². The van der Waals surface area contributed by atoms with Crippen LogP contribution in [0.5, 0.6) is 0 Å². The highest BCUT2D eigenvalue weighted by Gasteiger charge is 2.46. The normalized spacial score (nSPS) is 15.3. The monoisotopic (exact) mass is 450 g/mol. The third kappa shape index (κ3) is 2.85. The van der Waals surface area contributed by atoms with Crippen LogP contribution in [-0.2, 0) is 4.74 Å². The van der Waals surface area contributed by atoms with Gasteiger partial charge in [0.15, 0.2) is 10.6 Å². The van der Waals surface area contributed by atoms with Crippen molar-refractivity contribution in [2.75, 3.05) is 12.0 Å². The largest absolute Gasteiger partial charge is 0.465 e. The second kappa shape index (κ2) is 7.38. The molecule has 9 heteroatoms. The summed E-state index contributed by atoms with van der Waals surface area (Å²) in [5, 5.41) is 0.420. The van der Waals surface area contributed by atoms with E-state index in [-0.39, 0.29) is 37.9 Å². The standard InChI is InChI=1S/C23H15FN2O5S/c1-11-20(22(29)30-2)32-23(25-11)26-17(12-7-3-5-9-14(12)24)16-18(27)13-8-4-6-10-15(13)31-19(16)21(26)28/h3-10,17H,1-2H3. The molecule has 4 aromatic rings. The van der Waals surface area contributed by atoms with E-state index in [1.54, 1.807) is 37.3 Å². The van der Waals surface area contributed by atoms with E-state index >= 15 is 0 Å². The summed E-state index contributed by atoms with van der Waals surface area (Å²) in [6, 6.07) is 11.4. The molecule has 0 bridgehead atoms. The first kappa shape index (κ1) is 20.1. The summed E-state index contributed by atoms with van der Waals surface area (Å²) in [6.07, 6.45) is 0. The lowest BCUT2D eigenvalue weighted by Crippen LogP contribution is -2.30. The molecule has 0 spiro atoms. The van der Waals surface area contributed by atoms with Crippen molar-refractivity contribution in [3.63, 3.8) is 0 Å². The third-order valence-corrected chi connectivity index (χ3v) is 6.48. The molecule has 0 aliphatic carbocycles. The van der Waals surface area contributed by atoms with Crippen molar-refractivity contribution in [3.05, 3.63) is 92.0 Å². The Kier molecular flexibility index (Phi) is 4.63. The van der Waals surface area contributed by atoms with Gasteiger partial charge in [-0.05, 0) is 25.1 Å². The van der Waals surface area contributed by atoms with Crippen molar-refractivity contribution in [3.8, 4) is 0 Å². The van der Waals surface area contributed by atoms with Gasteiger partial charge in [0.1, 0.15) is 22.3 Å². The van der Waals surface area contributed by atoms with Gasteiger partial charge in [0.2, 0.25) is 5.76 Å². The van der Waals surface area contributed by atoms with E-state index in [9.17, 15) is 18.8 Å². The van der Waals surface area contributed by atoms with Crippen LogP contribution < -0.4 is 10.3 Å². The van der Waals surface area contributed by atoms with Gasteiger partial charge in [-0.25, -0.2) is 14.2 Å². The number of carbonyl (C=O) groups is 2. The number of fused-ring (bicyclic) bond motifs is 2. The average Bonchev–Trinajstić information content (AvgIpc) is 3.31. The molecule has 7 nitrogen and oxygen atoms in total. The van der Waals surface area contributed by atoms with Gasteiger partial charge in [0, 0.05) is 5.56 Å². The van der Waals surface area contributed by atoms with Crippen LogP contribution in [0.1, 0.15) is 43.1 Å². The van der Waals surface area contributed by atoms with Crippen LogP contribution in [0, 0.1) is 12.7 Å². The minimum atomic E-state index is -1.10. The van der Waals surface area contributed by atoms with Crippen LogP contribution in [0.4, 0.5) is 9.52 Å². The zero-order valence-corrected chi connectivity index (χ0v) is 17.7. The van der Waals surface area contributed by atoms with Crippen LogP contribution in [0.3, 0.4) is 0 Å². The Morgan fingerprint density at radius 2 is 1.88 bits per heavy atom. The van der Waals surface area contributed by atoms with Crippen molar-refractivity contribution in [1.29, 1.82) is 0 Å². The van der Waals surface area contributed by atoms with Gasteiger partial charge in [-0.15, -0.1) is 0 Å². The maximum Gasteiger partial charge on any atom is 0.350 e. The highest BCUT2D eigenvalue weighted by atomic mass is 32.1. The number of hydrogen-bond acceptors (Lipinski definition) is 7. The Labute approximate surface area is 184 Å². The van der Waals surface area contributed by atoms with E-state index in [1.807, 2.05) is 0 Å². The van der Waals surface area contributed by atoms with Crippen LogP contribution in [0.25, 0.3) is 11.0 Å². The maximum atomic E-state index is 14.9. The van der Waals surface area contributed by atoms with E-state index in [1.165, 1.54) is 30.2 Å². The zero-order chi connectivity index (χ0) is 22.6. The highest BCUT2D eigenvalue weighted by Crippen LogP contribution is 2.43. The number of methoxy groups -OCH3 is 1. The third-order valence-electron chi connectivity index (χ3n) is 5.34. The molecule has 0 N–H and O–H groups in total. The summed E-state index contributed by atoms with van der Waals surface area (Å²) in [7, 11) is 1.24. The van der Waals surface area contributed by atoms with Gasteiger partial charge in [-0.3, -0.25) is 14.5 Å². The number of aromatic nitrogens is 1. The predicted octanol–water partition coefficient (Wildman–Crippen LogP) is 4.23. The number of thiazole rings is 1. The zero-order valence-electron chi connectivity index (χ0n) is 16.9. The minimum absolute atomic E-state index is 0.0336. The molecule has 1 atom stereocenters. The molecule has 0 fully saturated rings. The number of esters is 1. The number of benzene rings is 2. The number of carbonyl (C=O) groups excluding carboxylic acids is 2. The molecule has 5 rings (SSSR count). The van der Waals surface area contributed by atoms with Gasteiger partial charge >= 0.3 is 5.97 Å². The fraction of sp³-hybridized carbons (Fsp3) is 0.130. The smallest absolute Gasteiger partial charge is 0.350 e. The lowest BCUT2D eigenvalue weighted by molar-refractivity contribution is 0.0605. The van der Waals surface area contributed by atoms with Crippen molar-refractivity contribution < 1.29 is 23.1 Å². The molecule has 0 saturated carbocycles. The Morgan fingerprint density at radius 1 is 1.16 bits per heavy atom. The van der Waals surface area contributed by atoms with Gasteiger partial charge in [0.25, 0.3) is 5.91 Å². The number of amides is 1. The molecule has 1 aliphatic rings. The molecule has 2 aromatic heterocycles. The van der Waals surface area contributed by atoms with Crippen LogP contribution >= 0.6 is 11.3 Å². The van der Waals surface area contributed by atoms with E-state index < -0.39 is 29.2 Å². The molecule has 0 radical (unpaired) electrons. The predicted molar refractivity (Wildman–Crippen MR) is 116 cm³/mol. The van der Waals surface area contributed by atoms with Crippen LogP contribution in [-0.4, -0.2) is 24.0 Å². The van der Waals surface area contributed by atoms with E-state index in [0.717, 1.165) is 11.3 Å². The summed E-state index contributed by atoms with van der Waals surface area (Å²) in [5.41, 5.74) is 0.343. The lowest BCUT2D eigenvalue weighted by Gasteiger charge is -2.22. The molecular weight excluding hydrogens is 435 g/mol. The van der Waals surface area contributed by atoms with E-state index in [4.69, 9.17) is 9.15 Å². The molecule has 2 aromatic carbocycles. The molecule has 1 aliphatic heterocycles. The van der Waals surface area contributed by atoms with Crippen molar-refractivity contribution in [2.24, 2.45) is 0 Å². The minimum Gasteiger partial charge on any atom is -0.465 e. The summed E-state index contributed by atoms with van der Waals surface area (Å²) in [5.74, 6) is -1.99. The Bertz CT molecular complexity index is 1480. The summed E-state index contributed by atoms with van der Waals surface area (Å²) >= 11 is 0.932. The number of hydrogen-bond donors (Lipinski definition) is 0. The first-order chi connectivity index (χ1) is 15.4. The summed E-state index contributed by atoms with van der Waals surface area (Å²) in [6.45, 7) is 1.61. The van der Waals surface area contributed by atoms with Gasteiger partial charge in [0.05, 0.1) is 23.8 Å². The molecular formula is C23H15FN2O5S. The lowest BCUT2D eigenvalue weighted by atomic mass is 9.98. The number of anilines is 1. The Balaban J connectivity index is 1.80. The molecule has 32 heavy (non-hydrogen) atoms. The maximum absolute atomic E-state index is 14.9. The van der Waals surface area contributed by atoms with Gasteiger partial charge in [-0.1, -0.05) is 41.7 Å². The fourth-order valence-corrected chi connectivity index (χ4v) is 4.89. The van der Waals surface area contributed by atoms with Gasteiger partial charge in [-0.2, -0.15) is 0 Å². The second-order valence-corrected chi connectivity index (χ2v) is 8.15. The first-order valence-electron chi connectivity index (χ1n) is 9.61. The number of nitrogens with zero attached hydrogens (tertiary/aromatic N) is 2. The van der Waals surface area contributed by atoms with Crippen molar-refractivity contribution >= 4 is 39.3 Å². The molecule has 1 amide bonds. The Morgan fingerprint density at radius 3 is 2.62 bits per heavy atom. The fourth-order valence-electron chi connectivity index (χ4n) is 3.88. The number of rotatable bonds is 3. The summed E-state index contributed by atoms with van der Waals surface area (Å²) in [4.78, 5) is 44.8.